The summed E-state index contributed by atoms with van der Waals surface area (Å²) in [5.74, 6) is 0.140. The number of nitrogens with zero attached hydrogens (tertiary/aromatic N) is 1. The minimum atomic E-state index is -0.363. The average molecular weight is 282 g/mol. The van der Waals surface area contributed by atoms with E-state index in [0.29, 0.717) is 11.5 Å². The molecule has 0 bridgehead atoms. The van der Waals surface area contributed by atoms with Crippen molar-refractivity contribution in [2.75, 3.05) is 25.1 Å². The van der Waals surface area contributed by atoms with Gasteiger partial charge in [0.05, 0.1) is 11.7 Å². The van der Waals surface area contributed by atoms with Gasteiger partial charge in [-0.05, 0) is 24.5 Å². The van der Waals surface area contributed by atoms with Gasteiger partial charge in [0.25, 0.3) is 0 Å². The van der Waals surface area contributed by atoms with Crippen LogP contribution in [0.4, 0.5) is 10.1 Å². The van der Waals surface area contributed by atoms with Crippen LogP contribution in [0.5, 0.6) is 0 Å². The predicted octanol–water partition coefficient (Wildman–Crippen LogP) is 2.32. The highest BCUT2D eigenvalue weighted by atomic mass is 32.1. The number of halogens is 1. The lowest BCUT2D eigenvalue weighted by molar-refractivity contribution is 0.0498. The van der Waals surface area contributed by atoms with Gasteiger partial charge in [-0.1, -0.05) is 25.2 Å². The topological polar surface area (TPSA) is 38.5 Å². The molecule has 1 heterocycles. The summed E-state index contributed by atoms with van der Waals surface area (Å²) in [6.45, 7) is 3.77. The molecule has 1 fully saturated rings. The highest BCUT2D eigenvalue weighted by Gasteiger charge is 2.28. The number of anilines is 1. The smallest absolute Gasteiger partial charge is 0.135 e. The van der Waals surface area contributed by atoms with E-state index < -0.39 is 0 Å². The van der Waals surface area contributed by atoms with Crippen LogP contribution in [0.2, 0.25) is 0 Å². The Balaban J connectivity index is 2.32. The van der Waals surface area contributed by atoms with Crippen molar-refractivity contribution in [1.82, 2.24) is 0 Å². The molecule has 2 N–H and O–H groups in total. The molecule has 0 amide bonds. The lowest BCUT2D eigenvalue weighted by Gasteiger charge is -2.38. The largest absolute Gasteiger partial charge is 0.389 e. The van der Waals surface area contributed by atoms with E-state index in [1.165, 1.54) is 6.07 Å². The first-order valence-electron chi connectivity index (χ1n) is 6.40. The van der Waals surface area contributed by atoms with Crippen molar-refractivity contribution < 1.29 is 9.13 Å². The van der Waals surface area contributed by atoms with Crippen molar-refractivity contribution >= 4 is 22.9 Å². The molecule has 3 nitrogen and oxygen atoms in total. The standard InChI is InChI=1S/C14H19FN2OS/c1-9-6-7-17(8-12(9)18-2)11-5-3-4-10(15)13(11)14(16)19/h3-5,9,12H,6-8H2,1-2H3,(H2,16,19). The van der Waals surface area contributed by atoms with Gasteiger partial charge in [-0.2, -0.15) is 0 Å². The van der Waals surface area contributed by atoms with Crippen LogP contribution in [0.1, 0.15) is 18.9 Å². The zero-order valence-electron chi connectivity index (χ0n) is 11.2. The SMILES string of the molecule is COC1CN(c2cccc(F)c2C(N)=S)CCC1C. The predicted molar refractivity (Wildman–Crippen MR) is 79.1 cm³/mol. The molecule has 1 saturated heterocycles. The maximum atomic E-state index is 13.9. The van der Waals surface area contributed by atoms with E-state index in [1.807, 2.05) is 6.07 Å². The first-order valence-corrected chi connectivity index (χ1v) is 6.81. The zero-order valence-corrected chi connectivity index (χ0v) is 12.0. The molecule has 104 valence electrons. The lowest BCUT2D eigenvalue weighted by atomic mass is 9.95. The highest BCUT2D eigenvalue weighted by molar-refractivity contribution is 7.80. The Morgan fingerprint density at radius 2 is 2.26 bits per heavy atom. The summed E-state index contributed by atoms with van der Waals surface area (Å²) in [6, 6.07) is 4.94. The van der Waals surface area contributed by atoms with Crippen LogP contribution in [0.3, 0.4) is 0 Å². The minimum absolute atomic E-state index is 0.0979. The fraction of sp³-hybridized carbons (Fsp3) is 0.500. The van der Waals surface area contributed by atoms with Crippen LogP contribution in [0.25, 0.3) is 0 Å². The number of nitrogens with two attached hydrogens (primary N) is 1. The van der Waals surface area contributed by atoms with E-state index >= 15 is 0 Å². The number of ether oxygens (including phenoxy) is 1. The van der Waals surface area contributed by atoms with Crippen LogP contribution in [-0.4, -0.2) is 31.3 Å². The van der Waals surface area contributed by atoms with E-state index in [4.69, 9.17) is 22.7 Å². The Morgan fingerprint density at radius 3 is 2.89 bits per heavy atom. The number of benzene rings is 1. The van der Waals surface area contributed by atoms with Crippen molar-refractivity contribution in [3.8, 4) is 0 Å². The summed E-state index contributed by atoms with van der Waals surface area (Å²) >= 11 is 4.97. The fourth-order valence-corrected chi connectivity index (χ4v) is 2.78. The molecule has 2 unspecified atom stereocenters. The van der Waals surface area contributed by atoms with Crippen molar-refractivity contribution in [2.45, 2.75) is 19.4 Å². The van der Waals surface area contributed by atoms with Crippen LogP contribution in [-0.2, 0) is 4.74 Å². The normalized spacial score (nSPS) is 23.4. The maximum absolute atomic E-state index is 13.9. The summed E-state index contributed by atoms with van der Waals surface area (Å²) in [6.07, 6.45) is 1.16. The number of thiocarbonyl (C=S) groups is 1. The number of hydrogen-bond acceptors (Lipinski definition) is 3. The molecule has 2 rings (SSSR count). The summed E-state index contributed by atoms with van der Waals surface area (Å²) in [4.78, 5) is 2.20. The number of rotatable bonds is 3. The summed E-state index contributed by atoms with van der Waals surface area (Å²) in [7, 11) is 1.71. The van der Waals surface area contributed by atoms with Gasteiger partial charge in [-0.3, -0.25) is 0 Å². The molecule has 1 aliphatic heterocycles. The monoisotopic (exact) mass is 282 g/mol. The molecule has 0 aliphatic carbocycles. The van der Waals surface area contributed by atoms with Gasteiger partial charge in [-0.15, -0.1) is 0 Å². The summed E-state index contributed by atoms with van der Waals surface area (Å²) < 4.78 is 19.4. The van der Waals surface area contributed by atoms with E-state index in [9.17, 15) is 4.39 Å². The summed E-state index contributed by atoms with van der Waals surface area (Å²) in [5, 5.41) is 0. The number of methoxy groups -OCH3 is 1. The molecular weight excluding hydrogens is 263 g/mol. The van der Waals surface area contributed by atoms with E-state index in [1.54, 1.807) is 13.2 Å². The second kappa shape index (κ2) is 5.84. The third-order valence-corrected chi connectivity index (χ3v) is 3.97. The van der Waals surface area contributed by atoms with E-state index in [-0.39, 0.29) is 16.9 Å². The van der Waals surface area contributed by atoms with Gasteiger partial charge in [-0.25, -0.2) is 4.39 Å². The van der Waals surface area contributed by atoms with Crippen molar-refractivity contribution in [2.24, 2.45) is 11.7 Å². The number of piperidine rings is 1. The van der Waals surface area contributed by atoms with Gasteiger partial charge in [0.1, 0.15) is 10.8 Å². The van der Waals surface area contributed by atoms with Crippen LogP contribution < -0.4 is 10.6 Å². The molecule has 1 aromatic rings. The molecule has 1 aromatic carbocycles. The molecule has 19 heavy (non-hydrogen) atoms. The van der Waals surface area contributed by atoms with E-state index in [0.717, 1.165) is 25.2 Å². The molecule has 0 saturated carbocycles. The molecule has 1 aliphatic rings. The zero-order chi connectivity index (χ0) is 14.0. The molecular formula is C14H19FN2OS. The minimum Gasteiger partial charge on any atom is -0.389 e. The quantitative estimate of drug-likeness (QED) is 0.864. The van der Waals surface area contributed by atoms with Gasteiger partial charge < -0.3 is 15.4 Å². The van der Waals surface area contributed by atoms with Crippen molar-refractivity contribution in [3.05, 3.63) is 29.6 Å². The molecule has 0 aromatic heterocycles. The van der Waals surface area contributed by atoms with Crippen molar-refractivity contribution in [3.63, 3.8) is 0 Å². The second-order valence-corrected chi connectivity index (χ2v) is 5.42. The summed E-state index contributed by atoms with van der Waals surface area (Å²) in [5.41, 5.74) is 6.75. The maximum Gasteiger partial charge on any atom is 0.135 e. The van der Waals surface area contributed by atoms with Crippen LogP contribution in [0, 0.1) is 11.7 Å². The van der Waals surface area contributed by atoms with E-state index in [2.05, 4.69) is 11.8 Å². The number of hydrogen-bond donors (Lipinski definition) is 1. The van der Waals surface area contributed by atoms with Crippen LogP contribution >= 0.6 is 12.2 Å². The second-order valence-electron chi connectivity index (χ2n) is 4.98. The highest BCUT2D eigenvalue weighted by Crippen LogP contribution is 2.28. The third-order valence-electron chi connectivity index (χ3n) is 3.77. The first-order chi connectivity index (χ1) is 9.04. The van der Waals surface area contributed by atoms with Gasteiger partial charge in [0.2, 0.25) is 0 Å². The Morgan fingerprint density at radius 1 is 1.53 bits per heavy atom. The van der Waals surface area contributed by atoms with Gasteiger partial charge in [0, 0.05) is 25.9 Å². The Bertz CT molecular complexity index is 481. The Kier molecular flexibility index (Phi) is 4.37. The third kappa shape index (κ3) is 2.87. The van der Waals surface area contributed by atoms with Crippen molar-refractivity contribution in [1.29, 1.82) is 0 Å². The Labute approximate surface area is 118 Å². The molecule has 2 atom stereocenters. The van der Waals surface area contributed by atoms with Gasteiger partial charge in [0.15, 0.2) is 0 Å². The van der Waals surface area contributed by atoms with Crippen LogP contribution in [0.15, 0.2) is 18.2 Å². The van der Waals surface area contributed by atoms with Gasteiger partial charge >= 0.3 is 0 Å². The first kappa shape index (κ1) is 14.2. The fourth-order valence-electron chi connectivity index (χ4n) is 2.58. The molecule has 0 spiro atoms. The molecule has 5 heteroatoms. The average Bonchev–Trinajstić information content (AvgIpc) is 2.38. The Hall–Kier alpha value is -1.20. The lowest BCUT2D eigenvalue weighted by Crippen LogP contribution is -2.44. The molecule has 0 radical (unpaired) electrons.